The van der Waals surface area contributed by atoms with Gasteiger partial charge < -0.3 is 5.11 Å². The number of benzene rings is 1. The lowest BCUT2D eigenvalue weighted by atomic mass is 9.98. The van der Waals surface area contributed by atoms with Gasteiger partial charge in [0.2, 0.25) is 0 Å². The summed E-state index contributed by atoms with van der Waals surface area (Å²) in [6.07, 6.45) is 0. The van der Waals surface area contributed by atoms with Crippen LogP contribution in [0.2, 0.25) is 0 Å². The molecular formula is C14H14O2S. The number of hydrogen-bond acceptors (Lipinski definition) is 2. The Balaban J connectivity index is 2.40. The Kier molecular flexibility index (Phi) is 3.29. The average Bonchev–Trinajstić information content (AvgIpc) is 2.78. The number of aromatic carboxylic acids is 1. The van der Waals surface area contributed by atoms with E-state index in [0.717, 1.165) is 11.1 Å². The van der Waals surface area contributed by atoms with Gasteiger partial charge in [0.25, 0.3) is 0 Å². The highest BCUT2D eigenvalue weighted by Crippen LogP contribution is 2.28. The quantitative estimate of drug-likeness (QED) is 0.879. The second kappa shape index (κ2) is 4.72. The molecule has 0 aliphatic heterocycles. The predicted octanol–water partition coefficient (Wildman–Crippen LogP) is 4.24. The second-order valence-corrected chi connectivity index (χ2v) is 5.02. The van der Waals surface area contributed by atoms with Crippen LogP contribution < -0.4 is 0 Å². The van der Waals surface area contributed by atoms with Crippen molar-refractivity contribution in [3.05, 3.63) is 46.2 Å². The van der Waals surface area contributed by atoms with Crippen LogP contribution in [0.1, 0.15) is 35.7 Å². The van der Waals surface area contributed by atoms with Crippen LogP contribution >= 0.6 is 11.3 Å². The van der Waals surface area contributed by atoms with Gasteiger partial charge >= 0.3 is 5.97 Å². The largest absolute Gasteiger partial charge is 0.478 e. The smallest absolute Gasteiger partial charge is 0.337 e. The Labute approximate surface area is 105 Å². The van der Waals surface area contributed by atoms with E-state index in [2.05, 4.69) is 26.0 Å². The first-order chi connectivity index (χ1) is 8.09. The van der Waals surface area contributed by atoms with Crippen molar-refractivity contribution >= 4 is 17.3 Å². The summed E-state index contributed by atoms with van der Waals surface area (Å²) in [4.78, 5) is 11.0. The van der Waals surface area contributed by atoms with Gasteiger partial charge in [0.1, 0.15) is 0 Å². The van der Waals surface area contributed by atoms with E-state index < -0.39 is 5.97 Å². The summed E-state index contributed by atoms with van der Waals surface area (Å²) in [6.45, 7) is 4.28. The van der Waals surface area contributed by atoms with E-state index in [-0.39, 0.29) is 0 Å². The van der Waals surface area contributed by atoms with Crippen molar-refractivity contribution < 1.29 is 9.90 Å². The third-order valence-electron chi connectivity index (χ3n) is 2.78. The van der Waals surface area contributed by atoms with Gasteiger partial charge in [-0.2, -0.15) is 11.3 Å². The molecule has 2 rings (SSSR count). The highest BCUT2D eigenvalue weighted by Gasteiger charge is 2.12. The maximum absolute atomic E-state index is 11.0. The summed E-state index contributed by atoms with van der Waals surface area (Å²) < 4.78 is 0. The maximum atomic E-state index is 11.0. The van der Waals surface area contributed by atoms with Crippen LogP contribution in [-0.4, -0.2) is 11.1 Å². The molecule has 0 saturated carbocycles. The van der Waals surface area contributed by atoms with E-state index in [4.69, 9.17) is 5.11 Å². The van der Waals surface area contributed by atoms with Gasteiger partial charge in [-0.05, 0) is 22.4 Å². The Morgan fingerprint density at radius 2 is 1.82 bits per heavy atom. The molecule has 0 amide bonds. The summed E-state index contributed by atoms with van der Waals surface area (Å²) in [5.74, 6) is -0.375. The predicted molar refractivity (Wildman–Crippen MR) is 70.8 cm³/mol. The van der Waals surface area contributed by atoms with E-state index in [1.54, 1.807) is 5.38 Å². The van der Waals surface area contributed by atoms with Crippen molar-refractivity contribution in [2.45, 2.75) is 19.8 Å². The zero-order valence-electron chi connectivity index (χ0n) is 9.81. The lowest BCUT2D eigenvalue weighted by molar-refractivity contribution is 0.0698. The van der Waals surface area contributed by atoms with Crippen LogP contribution in [0.25, 0.3) is 11.1 Å². The van der Waals surface area contributed by atoms with Gasteiger partial charge in [-0.15, -0.1) is 0 Å². The number of carbonyl (C=O) groups is 1. The van der Waals surface area contributed by atoms with E-state index >= 15 is 0 Å². The molecule has 0 unspecified atom stereocenters. The molecule has 88 valence electrons. The normalized spacial score (nSPS) is 10.8. The summed E-state index contributed by atoms with van der Waals surface area (Å²) >= 11 is 1.42. The summed E-state index contributed by atoms with van der Waals surface area (Å²) in [5, 5.41) is 12.6. The summed E-state index contributed by atoms with van der Waals surface area (Å²) in [5.41, 5.74) is 3.42. The molecule has 0 aliphatic carbocycles. The van der Waals surface area contributed by atoms with Crippen LogP contribution in [0.4, 0.5) is 0 Å². The number of thiophene rings is 1. The molecule has 1 aromatic heterocycles. The number of carboxylic acids is 1. The molecule has 2 nitrogen and oxygen atoms in total. The highest BCUT2D eigenvalue weighted by atomic mass is 32.1. The van der Waals surface area contributed by atoms with E-state index in [1.165, 1.54) is 16.9 Å². The van der Waals surface area contributed by atoms with Crippen LogP contribution in [0.3, 0.4) is 0 Å². The van der Waals surface area contributed by atoms with Crippen molar-refractivity contribution in [3.8, 4) is 11.1 Å². The molecule has 0 fully saturated rings. The number of rotatable bonds is 3. The fourth-order valence-corrected chi connectivity index (χ4v) is 2.56. The van der Waals surface area contributed by atoms with Crippen LogP contribution in [0.15, 0.2) is 35.0 Å². The fraction of sp³-hybridized carbons (Fsp3) is 0.214. The third kappa shape index (κ3) is 2.39. The Morgan fingerprint density at radius 1 is 1.18 bits per heavy atom. The molecular weight excluding hydrogens is 232 g/mol. The van der Waals surface area contributed by atoms with Crippen LogP contribution in [0.5, 0.6) is 0 Å². The molecule has 0 radical (unpaired) electrons. The minimum atomic E-state index is -0.866. The summed E-state index contributed by atoms with van der Waals surface area (Å²) in [6, 6.07) is 8.10. The molecule has 2 aromatic rings. The zero-order valence-corrected chi connectivity index (χ0v) is 10.6. The molecule has 3 heteroatoms. The van der Waals surface area contributed by atoms with E-state index in [1.807, 2.05) is 17.5 Å². The lowest BCUT2D eigenvalue weighted by Gasteiger charge is -2.06. The molecule has 17 heavy (non-hydrogen) atoms. The van der Waals surface area contributed by atoms with Crippen molar-refractivity contribution in [2.24, 2.45) is 0 Å². The first-order valence-corrected chi connectivity index (χ1v) is 6.43. The van der Waals surface area contributed by atoms with E-state index in [9.17, 15) is 4.79 Å². The Morgan fingerprint density at radius 3 is 2.35 bits per heavy atom. The SMILES string of the molecule is CC(C)c1ccc(-c2cscc2C(=O)O)cc1. The molecule has 0 aliphatic rings. The van der Waals surface area contributed by atoms with Crippen LogP contribution in [0, 0.1) is 0 Å². The number of carboxylic acid groups (broad SMARTS) is 1. The van der Waals surface area contributed by atoms with Crippen molar-refractivity contribution in [2.75, 3.05) is 0 Å². The maximum Gasteiger partial charge on any atom is 0.337 e. The summed E-state index contributed by atoms with van der Waals surface area (Å²) in [7, 11) is 0. The van der Waals surface area contributed by atoms with Crippen molar-refractivity contribution in [1.82, 2.24) is 0 Å². The van der Waals surface area contributed by atoms with Gasteiger partial charge in [-0.3, -0.25) is 0 Å². The molecule has 0 atom stereocenters. The minimum Gasteiger partial charge on any atom is -0.478 e. The Hall–Kier alpha value is -1.61. The topological polar surface area (TPSA) is 37.3 Å². The molecule has 1 heterocycles. The molecule has 0 bridgehead atoms. The van der Waals surface area contributed by atoms with Crippen molar-refractivity contribution in [3.63, 3.8) is 0 Å². The Bertz CT molecular complexity index is 523. The first kappa shape index (κ1) is 11.9. The van der Waals surface area contributed by atoms with Gasteiger partial charge in [-0.1, -0.05) is 38.1 Å². The third-order valence-corrected chi connectivity index (χ3v) is 3.52. The van der Waals surface area contributed by atoms with Crippen LogP contribution in [-0.2, 0) is 0 Å². The first-order valence-electron chi connectivity index (χ1n) is 5.49. The lowest BCUT2D eigenvalue weighted by Crippen LogP contribution is -1.96. The fourth-order valence-electron chi connectivity index (χ4n) is 1.73. The standard InChI is InChI=1S/C14H14O2S/c1-9(2)10-3-5-11(6-4-10)12-7-17-8-13(12)14(15)16/h3-9H,1-2H3,(H,15,16). The van der Waals surface area contributed by atoms with Gasteiger partial charge in [0.05, 0.1) is 5.56 Å². The van der Waals surface area contributed by atoms with Gasteiger partial charge in [-0.25, -0.2) is 4.79 Å². The highest BCUT2D eigenvalue weighted by molar-refractivity contribution is 7.08. The monoisotopic (exact) mass is 246 g/mol. The molecule has 1 aromatic carbocycles. The minimum absolute atomic E-state index is 0.382. The number of hydrogen-bond donors (Lipinski definition) is 1. The van der Waals surface area contributed by atoms with Crippen molar-refractivity contribution in [1.29, 1.82) is 0 Å². The molecule has 0 saturated heterocycles. The molecule has 1 N–H and O–H groups in total. The van der Waals surface area contributed by atoms with E-state index in [0.29, 0.717) is 11.5 Å². The second-order valence-electron chi connectivity index (χ2n) is 4.28. The van der Waals surface area contributed by atoms with Gasteiger partial charge in [0.15, 0.2) is 0 Å². The van der Waals surface area contributed by atoms with Gasteiger partial charge in [0, 0.05) is 10.9 Å². The average molecular weight is 246 g/mol. The molecule has 0 spiro atoms. The zero-order chi connectivity index (χ0) is 12.4.